The van der Waals surface area contributed by atoms with Crippen molar-refractivity contribution >= 4 is 15.9 Å². The summed E-state index contributed by atoms with van der Waals surface area (Å²) in [4.78, 5) is 12.0. The van der Waals surface area contributed by atoms with E-state index in [1.54, 1.807) is 10.9 Å². The van der Waals surface area contributed by atoms with Gasteiger partial charge in [0.15, 0.2) is 0 Å². The predicted molar refractivity (Wildman–Crippen MR) is 74.4 cm³/mol. The summed E-state index contributed by atoms with van der Waals surface area (Å²) in [7, 11) is -3.30. The Bertz CT molecular complexity index is 541. The molecular formula is C12H20N4O3S. The number of carbonyl (C=O) groups is 1. The molecule has 112 valence electrons. The van der Waals surface area contributed by atoms with E-state index in [1.165, 1.54) is 4.31 Å². The summed E-state index contributed by atoms with van der Waals surface area (Å²) < 4.78 is 26.2. The molecule has 0 bridgehead atoms. The van der Waals surface area contributed by atoms with Crippen LogP contribution in [-0.2, 0) is 21.4 Å². The van der Waals surface area contributed by atoms with Crippen molar-refractivity contribution in [3.8, 4) is 0 Å². The molecule has 1 atom stereocenters. The number of aromatic nitrogens is 2. The molecule has 0 unspecified atom stereocenters. The third-order valence-corrected chi connectivity index (χ3v) is 4.64. The number of rotatable bonds is 6. The minimum Gasteiger partial charge on any atom is -0.355 e. The third kappa shape index (κ3) is 3.80. The molecule has 1 aromatic rings. The average molecular weight is 300 g/mol. The maximum absolute atomic E-state index is 12.0. The second-order valence-electron chi connectivity index (χ2n) is 4.95. The highest BCUT2D eigenvalue weighted by Gasteiger charge is 2.36. The van der Waals surface area contributed by atoms with Gasteiger partial charge in [-0.05, 0) is 25.3 Å². The molecular weight excluding hydrogens is 280 g/mol. The lowest BCUT2D eigenvalue weighted by Crippen LogP contribution is -2.45. The van der Waals surface area contributed by atoms with Gasteiger partial charge in [-0.2, -0.15) is 9.40 Å². The van der Waals surface area contributed by atoms with Crippen LogP contribution in [0.4, 0.5) is 0 Å². The summed E-state index contributed by atoms with van der Waals surface area (Å²) in [5, 5.41) is 6.87. The second-order valence-corrected chi connectivity index (χ2v) is 6.88. The standard InChI is InChI=1S/C12H20N4O3S/c1-20(18,19)16-10-2-5-11(16)12(17)13-6-3-8-15-9-4-7-14-15/h4,7,9,11H,2-3,5-6,8,10H2,1H3,(H,13,17)/t11-/m1/s1. The van der Waals surface area contributed by atoms with Crippen LogP contribution in [0.25, 0.3) is 0 Å². The van der Waals surface area contributed by atoms with E-state index in [-0.39, 0.29) is 5.91 Å². The van der Waals surface area contributed by atoms with Crippen molar-refractivity contribution < 1.29 is 13.2 Å². The number of sulfonamides is 1. The topological polar surface area (TPSA) is 84.3 Å². The van der Waals surface area contributed by atoms with E-state index in [0.717, 1.165) is 25.6 Å². The first-order valence-electron chi connectivity index (χ1n) is 6.70. The Labute approximate surface area is 119 Å². The monoisotopic (exact) mass is 300 g/mol. The molecule has 0 spiro atoms. The van der Waals surface area contributed by atoms with Crippen molar-refractivity contribution in [3.05, 3.63) is 18.5 Å². The fourth-order valence-corrected chi connectivity index (χ4v) is 3.53. The Balaban J connectivity index is 1.77. The van der Waals surface area contributed by atoms with Gasteiger partial charge in [0, 0.05) is 32.0 Å². The maximum atomic E-state index is 12.0. The largest absolute Gasteiger partial charge is 0.355 e. The summed E-state index contributed by atoms with van der Waals surface area (Å²) in [5.41, 5.74) is 0. The normalized spacial score (nSPS) is 20.1. The predicted octanol–water partition coefficient (Wildman–Crippen LogP) is -0.187. The van der Waals surface area contributed by atoms with Crippen LogP contribution in [0.15, 0.2) is 18.5 Å². The van der Waals surface area contributed by atoms with E-state index in [0.29, 0.717) is 19.5 Å². The van der Waals surface area contributed by atoms with Crippen LogP contribution in [-0.4, -0.2) is 53.8 Å². The lowest BCUT2D eigenvalue weighted by molar-refractivity contribution is -0.124. The first-order chi connectivity index (χ1) is 9.48. The van der Waals surface area contributed by atoms with Crippen molar-refractivity contribution in [2.45, 2.75) is 31.8 Å². The van der Waals surface area contributed by atoms with Crippen LogP contribution >= 0.6 is 0 Å². The molecule has 1 aromatic heterocycles. The van der Waals surface area contributed by atoms with Gasteiger partial charge in [0.2, 0.25) is 15.9 Å². The number of hydrogen-bond donors (Lipinski definition) is 1. The molecule has 8 heteroatoms. The molecule has 1 saturated heterocycles. The number of carbonyl (C=O) groups excluding carboxylic acids is 1. The van der Waals surface area contributed by atoms with E-state index in [2.05, 4.69) is 10.4 Å². The van der Waals surface area contributed by atoms with Gasteiger partial charge in [0.05, 0.1) is 6.26 Å². The van der Waals surface area contributed by atoms with Crippen LogP contribution in [0.5, 0.6) is 0 Å². The Morgan fingerprint density at radius 3 is 2.95 bits per heavy atom. The molecule has 1 fully saturated rings. The Kier molecular flexibility index (Phi) is 4.77. The minimum atomic E-state index is -3.30. The summed E-state index contributed by atoms with van der Waals surface area (Å²) in [6.45, 7) is 1.69. The highest BCUT2D eigenvalue weighted by atomic mass is 32.2. The van der Waals surface area contributed by atoms with Crippen molar-refractivity contribution in [2.24, 2.45) is 0 Å². The van der Waals surface area contributed by atoms with E-state index in [9.17, 15) is 13.2 Å². The number of aryl methyl sites for hydroxylation is 1. The molecule has 0 radical (unpaired) electrons. The van der Waals surface area contributed by atoms with Gasteiger partial charge >= 0.3 is 0 Å². The zero-order chi connectivity index (χ0) is 14.6. The molecule has 1 aliphatic heterocycles. The van der Waals surface area contributed by atoms with Crippen molar-refractivity contribution in [3.63, 3.8) is 0 Å². The number of nitrogens with one attached hydrogen (secondary N) is 1. The zero-order valence-corrected chi connectivity index (χ0v) is 12.3. The smallest absolute Gasteiger partial charge is 0.238 e. The summed E-state index contributed by atoms with van der Waals surface area (Å²) in [6.07, 6.45) is 6.82. The second kappa shape index (κ2) is 6.36. The van der Waals surface area contributed by atoms with Gasteiger partial charge in [-0.15, -0.1) is 0 Å². The van der Waals surface area contributed by atoms with Gasteiger partial charge in [0.25, 0.3) is 0 Å². The quantitative estimate of drug-likeness (QED) is 0.738. The first-order valence-corrected chi connectivity index (χ1v) is 8.55. The van der Waals surface area contributed by atoms with E-state index >= 15 is 0 Å². The number of nitrogens with zero attached hydrogens (tertiary/aromatic N) is 3. The van der Waals surface area contributed by atoms with E-state index in [4.69, 9.17) is 0 Å². The van der Waals surface area contributed by atoms with Gasteiger partial charge in [-0.3, -0.25) is 9.48 Å². The molecule has 7 nitrogen and oxygen atoms in total. The first kappa shape index (κ1) is 15.0. The molecule has 20 heavy (non-hydrogen) atoms. The molecule has 1 aliphatic rings. The lowest BCUT2D eigenvalue weighted by Gasteiger charge is -2.21. The van der Waals surface area contributed by atoms with E-state index in [1.807, 2.05) is 12.3 Å². The third-order valence-electron chi connectivity index (χ3n) is 3.35. The molecule has 1 amide bonds. The van der Waals surface area contributed by atoms with Crippen LogP contribution in [0.2, 0.25) is 0 Å². The van der Waals surface area contributed by atoms with Crippen LogP contribution in [0.3, 0.4) is 0 Å². The Morgan fingerprint density at radius 2 is 2.30 bits per heavy atom. The van der Waals surface area contributed by atoms with E-state index < -0.39 is 16.1 Å². The lowest BCUT2D eigenvalue weighted by atomic mass is 10.2. The number of amides is 1. The number of hydrogen-bond acceptors (Lipinski definition) is 4. The Morgan fingerprint density at radius 1 is 1.50 bits per heavy atom. The van der Waals surface area contributed by atoms with Crippen LogP contribution in [0.1, 0.15) is 19.3 Å². The van der Waals surface area contributed by atoms with Crippen molar-refractivity contribution in [1.82, 2.24) is 19.4 Å². The van der Waals surface area contributed by atoms with Gasteiger partial charge < -0.3 is 5.32 Å². The van der Waals surface area contributed by atoms with Gasteiger partial charge in [0.1, 0.15) is 6.04 Å². The fraction of sp³-hybridized carbons (Fsp3) is 0.667. The molecule has 0 saturated carbocycles. The van der Waals surface area contributed by atoms with Crippen LogP contribution in [0, 0.1) is 0 Å². The SMILES string of the molecule is CS(=O)(=O)N1CCC[C@@H]1C(=O)NCCCn1cccn1. The average Bonchev–Trinajstić information content (AvgIpc) is 3.03. The highest BCUT2D eigenvalue weighted by molar-refractivity contribution is 7.88. The molecule has 1 N–H and O–H groups in total. The summed E-state index contributed by atoms with van der Waals surface area (Å²) in [5.74, 6) is -0.201. The highest BCUT2D eigenvalue weighted by Crippen LogP contribution is 2.20. The maximum Gasteiger partial charge on any atom is 0.238 e. The summed E-state index contributed by atoms with van der Waals surface area (Å²) >= 11 is 0. The molecule has 0 aromatic carbocycles. The fourth-order valence-electron chi connectivity index (χ4n) is 2.40. The van der Waals surface area contributed by atoms with Crippen molar-refractivity contribution in [2.75, 3.05) is 19.3 Å². The zero-order valence-electron chi connectivity index (χ0n) is 11.5. The molecule has 2 heterocycles. The van der Waals surface area contributed by atoms with Gasteiger partial charge in [-0.1, -0.05) is 0 Å². The van der Waals surface area contributed by atoms with Crippen LogP contribution < -0.4 is 5.32 Å². The Hall–Kier alpha value is -1.41. The summed E-state index contributed by atoms with van der Waals surface area (Å²) in [6, 6.07) is 1.30. The van der Waals surface area contributed by atoms with Gasteiger partial charge in [-0.25, -0.2) is 8.42 Å². The minimum absolute atomic E-state index is 0.201. The molecule has 2 rings (SSSR count). The van der Waals surface area contributed by atoms with Crippen molar-refractivity contribution in [1.29, 1.82) is 0 Å². The molecule has 0 aliphatic carbocycles.